The molecule has 0 spiro atoms. The molecule has 0 aliphatic heterocycles. The van der Waals surface area contributed by atoms with E-state index in [0.29, 0.717) is 27.5 Å². The zero-order chi connectivity index (χ0) is 21.1. The number of aromatic nitrogens is 1. The molecule has 152 valence electrons. The molecule has 2 aromatic carbocycles. The first-order valence-electron chi connectivity index (χ1n) is 9.41. The highest BCUT2D eigenvalue weighted by Gasteiger charge is 2.15. The van der Waals surface area contributed by atoms with Gasteiger partial charge in [0.15, 0.2) is 0 Å². The molecule has 3 N–H and O–H groups in total. The zero-order valence-electron chi connectivity index (χ0n) is 16.8. The number of ether oxygens (including phenoxy) is 1. The number of hydrogen-bond acceptors (Lipinski definition) is 4. The minimum Gasteiger partial charge on any atom is -0.489 e. The lowest BCUT2D eigenvalue weighted by atomic mass is 10.1. The van der Waals surface area contributed by atoms with Crippen LogP contribution >= 0.6 is 11.6 Å². The van der Waals surface area contributed by atoms with E-state index >= 15 is 0 Å². The molecule has 0 radical (unpaired) electrons. The van der Waals surface area contributed by atoms with Crippen molar-refractivity contribution in [3.63, 3.8) is 0 Å². The molecule has 1 amide bonds. The van der Waals surface area contributed by atoms with Gasteiger partial charge in [-0.3, -0.25) is 9.59 Å². The summed E-state index contributed by atoms with van der Waals surface area (Å²) in [6.45, 7) is 7.20. The van der Waals surface area contributed by atoms with Crippen molar-refractivity contribution in [2.45, 2.75) is 39.8 Å². The Kier molecular flexibility index (Phi) is 6.13. The number of fused-ring (bicyclic) bond motifs is 1. The normalized spacial score (nSPS) is 12.1. The average Bonchev–Trinajstić information content (AvgIpc) is 2.63. The van der Waals surface area contributed by atoms with Crippen LogP contribution in [0.1, 0.15) is 39.3 Å². The summed E-state index contributed by atoms with van der Waals surface area (Å²) in [5, 5.41) is 7.26. The lowest BCUT2D eigenvalue weighted by molar-refractivity contribution is -0.114. The Balaban J connectivity index is 1.90. The number of pyridine rings is 1. The third kappa shape index (κ3) is 4.90. The van der Waals surface area contributed by atoms with Crippen molar-refractivity contribution < 1.29 is 9.53 Å². The molecule has 0 aliphatic rings. The fourth-order valence-electron chi connectivity index (χ4n) is 3.12. The van der Waals surface area contributed by atoms with Crippen LogP contribution in [0.15, 0.2) is 47.3 Å². The molecule has 29 heavy (non-hydrogen) atoms. The van der Waals surface area contributed by atoms with Crippen LogP contribution in [0, 0.1) is 0 Å². The number of amides is 1. The highest BCUT2D eigenvalue weighted by molar-refractivity contribution is 6.36. The summed E-state index contributed by atoms with van der Waals surface area (Å²) in [6, 6.07) is 12.6. The number of hydrogen-bond donors (Lipinski definition) is 3. The highest BCUT2D eigenvalue weighted by atomic mass is 35.5. The number of benzene rings is 2. The fourth-order valence-corrected chi connectivity index (χ4v) is 3.39. The predicted molar refractivity (Wildman–Crippen MR) is 118 cm³/mol. The SMILES string of the molecule is CC(=O)Nc1cccc(N[C@@H](C)c2cc3ccc(OC(C)C)c(Cl)c3[nH]c2=O)c1. The van der Waals surface area contributed by atoms with Gasteiger partial charge in [-0.1, -0.05) is 17.7 Å². The third-order valence-corrected chi connectivity index (χ3v) is 4.72. The van der Waals surface area contributed by atoms with Gasteiger partial charge in [-0.2, -0.15) is 0 Å². The van der Waals surface area contributed by atoms with Crippen molar-refractivity contribution in [1.29, 1.82) is 0 Å². The number of aromatic amines is 1. The highest BCUT2D eigenvalue weighted by Crippen LogP contribution is 2.32. The van der Waals surface area contributed by atoms with Crippen LogP contribution in [0.25, 0.3) is 10.9 Å². The van der Waals surface area contributed by atoms with Gasteiger partial charge in [-0.15, -0.1) is 0 Å². The number of H-pyrrole nitrogens is 1. The first-order chi connectivity index (χ1) is 13.7. The van der Waals surface area contributed by atoms with Gasteiger partial charge >= 0.3 is 0 Å². The molecule has 6 nitrogen and oxygen atoms in total. The molecular formula is C22H24ClN3O3. The van der Waals surface area contributed by atoms with Gasteiger partial charge in [0.2, 0.25) is 5.91 Å². The first-order valence-corrected chi connectivity index (χ1v) is 9.78. The van der Waals surface area contributed by atoms with Crippen LogP contribution in [-0.2, 0) is 4.79 Å². The third-order valence-electron chi connectivity index (χ3n) is 4.35. The van der Waals surface area contributed by atoms with E-state index in [1.807, 2.05) is 57.2 Å². The molecule has 0 unspecified atom stereocenters. The van der Waals surface area contributed by atoms with E-state index in [9.17, 15) is 9.59 Å². The summed E-state index contributed by atoms with van der Waals surface area (Å²) in [6.07, 6.45) is -0.0200. The minimum absolute atomic E-state index is 0.0200. The van der Waals surface area contributed by atoms with Crippen LogP contribution in [0.5, 0.6) is 5.75 Å². The summed E-state index contributed by atoms with van der Waals surface area (Å²) in [4.78, 5) is 26.8. The molecule has 0 saturated carbocycles. The Labute approximate surface area is 174 Å². The van der Waals surface area contributed by atoms with Crippen molar-refractivity contribution in [1.82, 2.24) is 4.98 Å². The summed E-state index contributed by atoms with van der Waals surface area (Å²) < 4.78 is 5.69. The van der Waals surface area contributed by atoms with Crippen LogP contribution < -0.4 is 20.9 Å². The Morgan fingerprint density at radius 2 is 1.83 bits per heavy atom. The quantitative estimate of drug-likeness (QED) is 0.525. The lowest BCUT2D eigenvalue weighted by Crippen LogP contribution is -2.19. The van der Waals surface area contributed by atoms with Gasteiger partial charge in [0.1, 0.15) is 10.8 Å². The molecule has 7 heteroatoms. The Bertz CT molecular complexity index is 1110. The Hall–Kier alpha value is -2.99. The van der Waals surface area contributed by atoms with Gasteiger partial charge < -0.3 is 20.4 Å². The zero-order valence-corrected chi connectivity index (χ0v) is 17.6. The Morgan fingerprint density at radius 3 is 2.52 bits per heavy atom. The fraction of sp³-hybridized carbons (Fsp3) is 0.273. The van der Waals surface area contributed by atoms with Crippen LogP contribution in [0.2, 0.25) is 5.02 Å². The topological polar surface area (TPSA) is 83.2 Å². The van der Waals surface area contributed by atoms with E-state index in [-0.39, 0.29) is 23.6 Å². The number of anilines is 2. The second kappa shape index (κ2) is 8.57. The van der Waals surface area contributed by atoms with Crippen LogP contribution in [0.4, 0.5) is 11.4 Å². The van der Waals surface area contributed by atoms with E-state index in [0.717, 1.165) is 11.1 Å². The second-order valence-corrected chi connectivity index (χ2v) is 7.57. The number of halogens is 1. The number of carbonyl (C=O) groups is 1. The maximum atomic E-state index is 12.7. The largest absolute Gasteiger partial charge is 0.489 e. The van der Waals surface area contributed by atoms with E-state index in [4.69, 9.17) is 16.3 Å². The first kappa shape index (κ1) is 20.7. The summed E-state index contributed by atoms with van der Waals surface area (Å²) in [5.74, 6) is 0.400. The maximum absolute atomic E-state index is 12.7. The van der Waals surface area contributed by atoms with Gasteiger partial charge in [-0.05, 0) is 57.2 Å². The van der Waals surface area contributed by atoms with Crippen molar-refractivity contribution >= 4 is 39.8 Å². The lowest BCUT2D eigenvalue weighted by Gasteiger charge is -2.17. The molecule has 1 atom stereocenters. The minimum atomic E-state index is -0.263. The molecule has 0 aliphatic carbocycles. The van der Waals surface area contributed by atoms with Crippen LogP contribution in [-0.4, -0.2) is 17.0 Å². The van der Waals surface area contributed by atoms with E-state index in [1.54, 1.807) is 6.07 Å². The van der Waals surface area contributed by atoms with Crippen molar-refractivity contribution in [3.8, 4) is 5.75 Å². The molecule has 1 aromatic heterocycles. The Morgan fingerprint density at radius 1 is 1.10 bits per heavy atom. The molecule has 3 rings (SSSR count). The predicted octanol–water partition coefficient (Wildman–Crippen LogP) is 5.10. The van der Waals surface area contributed by atoms with Crippen molar-refractivity contribution in [2.75, 3.05) is 10.6 Å². The molecular weight excluding hydrogens is 390 g/mol. The molecule has 0 bridgehead atoms. The van der Waals surface area contributed by atoms with Gasteiger partial charge in [0, 0.05) is 29.2 Å². The number of nitrogens with one attached hydrogen (secondary N) is 3. The summed E-state index contributed by atoms with van der Waals surface area (Å²) >= 11 is 6.43. The van der Waals surface area contributed by atoms with Gasteiger partial charge in [-0.25, -0.2) is 0 Å². The molecule has 1 heterocycles. The second-order valence-electron chi connectivity index (χ2n) is 7.19. The van der Waals surface area contributed by atoms with E-state index in [2.05, 4.69) is 15.6 Å². The summed E-state index contributed by atoms with van der Waals surface area (Å²) in [5.41, 5.74) is 2.39. The van der Waals surface area contributed by atoms with E-state index < -0.39 is 0 Å². The monoisotopic (exact) mass is 413 g/mol. The smallest absolute Gasteiger partial charge is 0.253 e. The maximum Gasteiger partial charge on any atom is 0.253 e. The van der Waals surface area contributed by atoms with E-state index in [1.165, 1.54) is 6.92 Å². The van der Waals surface area contributed by atoms with Crippen molar-refractivity contribution in [2.24, 2.45) is 0 Å². The molecule has 3 aromatic rings. The number of carbonyl (C=O) groups excluding carboxylic acids is 1. The van der Waals surface area contributed by atoms with Gasteiger partial charge in [0.25, 0.3) is 5.56 Å². The van der Waals surface area contributed by atoms with Crippen molar-refractivity contribution in [3.05, 3.63) is 63.4 Å². The molecule has 0 fully saturated rings. The van der Waals surface area contributed by atoms with Crippen LogP contribution in [0.3, 0.4) is 0 Å². The summed E-state index contributed by atoms with van der Waals surface area (Å²) in [7, 11) is 0. The molecule has 0 saturated heterocycles. The average molecular weight is 414 g/mol. The number of rotatable bonds is 6. The van der Waals surface area contributed by atoms with Gasteiger partial charge in [0.05, 0.1) is 17.7 Å². The standard InChI is InChI=1S/C22H24ClN3O3/c1-12(2)29-19-9-8-15-10-18(22(28)26-21(15)20(19)23)13(3)24-16-6-5-7-17(11-16)25-14(4)27/h5-13,24H,1-4H3,(H,25,27)(H,26,28)/t13-/m0/s1.